The molecular formula is C14H13FN2O2. The van der Waals surface area contributed by atoms with Gasteiger partial charge in [-0.15, -0.1) is 0 Å². The van der Waals surface area contributed by atoms with Crippen molar-refractivity contribution in [3.05, 3.63) is 70.0 Å². The molecule has 0 heterocycles. The molecule has 0 aliphatic carbocycles. The minimum atomic E-state index is -0.442. The second-order valence-corrected chi connectivity index (χ2v) is 4.08. The van der Waals surface area contributed by atoms with Gasteiger partial charge in [-0.05, 0) is 24.1 Å². The van der Waals surface area contributed by atoms with Crippen LogP contribution < -0.4 is 5.32 Å². The topological polar surface area (TPSA) is 55.2 Å². The largest absolute Gasteiger partial charge is 0.385 e. The third-order valence-electron chi connectivity index (χ3n) is 2.74. The molecule has 0 saturated carbocycles. The fourth-order valence-corrected chi connectivity index (χ4v) is 1.77. The number of rotatable bonds is 5. The standard InChI is InChI=1S/C14H13FN2O2/c15-14-7-2-1-4-11(14)8-9-16-12-5-3-6-13(10-12)17(18)19/h1-7,10,16H,8-9H2. The van der Waals surface area contributed by atoms with Crippen LogP contribution in [-0.2, 0) is 6.42 Å². The van der Waals surface area contributed by atoms with E-state index in [2.05, 4.69) is 5.32 Å². The summed E-state index contributed by atoms with van der Waals surface area (Å²) in [5, 5.41) is 13.7. The summed E-state index contributed by atoms with van der Waals surface area (Å²) in [6.45, 7) is 0.516. The Kier molecular flexibility index (Phi) is 4.07. The van der Waals surface area contributed by atoms with Gasteiger partial charge in [0, 0.05) is 24.4 Å². The highest BCUT2D eigenvalue weighted by atomic mass is 19.1. The summed E-state index contributed by atoms with van der Waals surface area (Å²) in [4.78, 5) is 10.2. The van der Waals surface area contributed by atoms with Gasteiger partial charge in [0.25, 0.3) is 5.69 Å². The third kappa shape index (κ3) is 3.51. The van der Waals surface area contributed by atoms with Gasteiger partial charge in [-0.1, -0.05) is 24.3 Å². The maximum atomic E-state index is 13.4. The Bertz CT molecular complexity index is 587. The normalized spacial score (nSPS) is 10.2. The molecule has 4 nitrogen and oxygen atoms in total. The molecule has 0 aliphatic rings. The van der Waals surface area contributed by atoms with Gasteiger partial charge in [-0.2, -0.15) is 0 Å². The molecule has 0 atom stereocenters. The van der Waals surface area contributed by atoms with E-state index in [1.807, 2.05) is 0 Å². The average molecular weight is 260 g/mol. The number of nitro groups is 1. The van der Waals surface area contributed by atoms with Gasteiger partial charge in [0.15, 0.2) is 0 Å². The van der Waals surface area contributed by atoms with Crippen molar-refractivity contribution in [2.24, 2.45) is 0 Å². The Hall–Kier alpha value is -2.43. The van der Waals surface area contributed by atoms with Crippen LogP contribution in [0.5, 0.6) is 0 Å². The highest BCUT2D eigenvalue weighted by Crippen LogP contribution is 2.17. The van der Waals surface area contributed by atoms with Crippen molar-refractivity contribution in [1.29, 1.82) is 0 Å². The van der Waals surface area contributed by atoms with Crippen molar-refractivity contribution >= 4 is 11.4 Å². The fraction of sp³-hybridized carbons (Fsp3) is 0.143. The van der Waals surface area contributed by atoms with Crippen molar-refractivity contribution in [2.75, 3.05) is 11.9 Å². The van der Waals surface area contributed by atoms with Gasteiger partial charge in [0.05, 0.1) is 4.92 Å². The smallest absolute Gasteiger partial charge is 0.271 e. The van der Waals surface area contributed by atoms with Gasteiger partial charge in [-0.25, -0.2) is 4.39 Å². The van der Waals surface area contributed by atoms with Crippen molar-refractivity contribution in [1.82, 2.24) is 0 Å². The second kappa shape index (κ2) is 5.95. The number of nitrogens with zero attached hydrogens (tertiary/aromatic N) is 1. The second-order valence-electron chi connectivity index (χ2n) is 4.08. The van der Waals surface area contributed by atoms with Gasteiger partial charge in [0.1, 0.15) is 5.82 Å². The van der Waals surface area contributed by atoms with E-state index in [4.69, 9.17) is 0 Å². The molecule has 0 fully saturated rings. The first-order valence-electron chi connectivity index (χ1n) is 5.88. The van der Waals surface area contributed by atoms with Crippen molar-refractivity contribution in [3.63, 3.8) is 0 Å². The molecule has 2 rings (SSSR count). The number of halogens is 1. The summed E-state index contributed by atoms with van der Waals surface area (Å²) in [6, 6.07) is 12.8. The van der Waals surface area contributed by atoms with E-state index >= 15 is 0 Å². The number of hydrogen-bond acceptors (Lipinski definition) is 3. The minimum absolute atomic E-state index is 0.0379. The van der Waals surface area contributed by atoms with Gasteiger partial charge < -0.3 is 5.32 Å². The first-order valence-corrected chi connectivity index (χ1v) is 5.88. The summed E-state index contributed by atoms with van der Waals surface area (Å²) in [5.41, 5.74) is 1.32. The van der Waals surface area contributed by atoms with Gasteiger partial charge in [0.2, 0.25) is 0 Å². The Balaban J connectivity index is 1.94. The molecule has 0 radical (unpaired) electrons. The number of hydrogen-bond donors (Lipinski definition) is 1. The molecule has 0 spiro atoms. The number of anilines is 1. The summed E-state index contributed by atoms with van der Waals surface area (Å²) < 4.78 is 13.4. The van der Waals surface area contributed by atoms with E-state index in [1.54, 1.807) is 30.3 Å². The van der Waals surface area contributed by atoms with Crippen molar-refractivity contribution in [3.8, 4) is 0 Å². The zero-order valence-electron chi connectivity index (χ0n) is 10.2. The maximum Gasteiger partial charge on any atom is 0.271 e. The molecule has 0 amide bonds. The Morgan fingerprint density at radius 2 is 1.95 bits per heavy atom. The molecule has 0 saturated heterocycles. The van der Waals surface area contributed by atoms with Crippen LogP contribution in [-0.4, -0.2) is 11.5 Å². The van der Waals surface area contributed by atoms with Gasteiger partial charge in [-0.3, -0.25) is 10.1 Å². The lowest BCUT2D eigenvalue weighted by molar-refractivity contribution is -0.384. The van der Waals surface area contributed by atoms with E-state index < -0.39 is 4.92 Å². The van der Waals surface area contributed by atoms with Crippen LogP contribution in [0.25, 0.3) is 0 Å². The first kappa shape index (κ1) is 13.0. The highest BCUT2D eigenvalue weighted by molar-refractivity contribution is 5.50. The Morgan fingerprint density at radius 1 is 1.16 bits per heavy atom. The van der Waals surface area contributed by atoms with E-state index in [1.165, 1.54) is 18.2 Å². The van der Waals surface area contributed by atoms with Crippen LogP contribution in [0.15, 0.2) is 48.5 Å². The predicted molar refractivity (Wildman–Crippen MR) is 71.7 cm³/mol. The molecular weight excluding hydrogens is 247 g/mol. The molecule has 0 unspecified atom stereocenters. The number of nitro benzene ring substituents is 1. The first-order chi connectivity index (χ1) is 9.16. The highest BCUT2D eigenvalue weighted by Gasteiger charge is 2.05. The Labute approximate surface area is 110 Å². The van der Waals surface area contributed by atoms with Crippen LogP contribution in [0.3, 0.4) is 0 Å². The summed E-state index contributed by atoms with van der Waals surface area (Å²) in [7, 11) is 0. The lowest BCUT2D eigenvalue weighted by Crippen LogP contribution is -2.06. The molecule has 0 aromatic heterocycles. The van der Waals surface area contributed by atoms with E-state index in [0.717, 1.165) is 0 Å². The fourth-order valence-electron chi connectivity index (χ4n) is 1.77. The van der Waals surface area contributed by atoms with Crippen LogP contribution >= 0.6 is 0 Å². The predicted octanol–water partition coefficient (Wildman–Crippen LogP) is 3.39. The maximum absolute atomic E-state index is 13.4. The number of benzene rings is 2. The van der Waals surface area contributed by atoms with Crippen LogP contribution in [0.4, 0.5) is 15.8 Å². The van der Waals surface area contributed by atoms with Crippen molar-refractivity contribution < 1.29 is 9.31 Å². The molecule has 5 heteroatoms. The summed E-state index contributed by atoms with van der Waals surface area (Å²) >= 11 is 0. The summed E-state index contributed by atoms with van der Waals surface area (Å²) in [6.07, 6.45) is 0.523. The third-order valence-corrected chi connectivity index (χ3v) is 2.74. The molecule has 1 N–H and O–H groups in total. The van der Waals surface area contributed by atoms with E-state index in [0.29, 0.717) is 24.2 Å². The Morgan fingerprint density at radius 3 is 2.68 bits per heavy atom. The number of non-ortho nitro benzene ring substituents is 1. The van der Waals surface area contributed by atoms with Gasteiger partial charge >= 0.3 is 0 Å². The number of nitrogens with one attached hydrogen (secondary N) is 1. The molecule has 0 bridgehead atoms. The minimum Gasteiger partial charge on any atom is -0.385 e. The van der Waals surface area contributed by atoms with Crippen LogP contribution in [0.1, 0.15) is 5.56 Å². The SMILES string of the molecule is O=[N+]([O-])c1cccc(NCCc2ccccc2F)c1. The zero-order valence-corrected chi connectivity index (χ0v) is 10.2. The molecule has 19 heavy (non-hydrogen) atoms. The molecule has 2 aromatic carbocycles. The monoisotopic (exact) mass is 260 g/mol. The van der Waals surface area contributed by atoms with Crippen LogP contribution in [0.2, 0.25) is 0 Å². The molecule has 2 aromatic rings. The van der Waals surface area contributed by atoms with Crippen LogP contribution in [0, 0.1) is 15.9 Å². The lowest BCUT2D eigenvalue weighted by Gasteiger charge is -2.06. The summed E-state index contributed by atoms with van der Waals surface area (Å²) in [5.74, 6) is -0.233. The molecule has 98 valence electrons. The van der Waals surface area contributed by atoms with Crippen molar-refractivity contribution in [2.45, 2.75) is 6.42 Å². The lowest BCUT2D eigenvalue weighted by atomic mass is 10.1. The average Bonchev–Trinajstić information content (AvgIpc) is 2.41. The quantitative estimate of drug-likeness (QED) is 0.662. The zero-order chi connectivity index (χ0) is 13.7. The van der Waals surface area contributed by atoms with E-state index in [9.17, 15) is 14.5 Å². The molecule has 0 aliphatic heterocycles. The van der Waals surface area contributed by atoms with E-state index in [-0.39, 0.29) is 11.5 Å².